The predicted molar refractivity (Wildman–Crippen MR) is 86.0 cm³/mol. The van der Waals surface area contributed by atoms with Gasteiger partial charge in [-0.15, -0.1) is 23.1 Å². The first-order valence-corrected chi connectivity index (χ1v) is 8.12. The van der Waals surface area contributed by atoms with Crippen LogP contribution in [-0.2, 0) is 15.3 Å². The normalized spacial score (nSPS) is 10.2. The molecular weight excluding hydrogens is 306 g/mol. The highest BCUT2D eigenvalue weighted by Gasteiger charge is 2.13. The number of carbonyl (C=O) groups excluding carboxylic acids is 2. The Morgan fingerprint density at radius 1 is 1.24 bits per heavy atom. The number of benzene rings is 1. The van der Waals surface area contributed by atoms with E-state index in [0.29, 0.717) is 10.6 Å². The molecule has 1 amide bonds. The minimum absolute atomic E-state index is 0.0867. The predicted octanol–water partition coefficient (Wildman–Crippen LogP) is 3.79. The molecule has 110 valence electrons. The van der Waals surface area contributed by atoms with Gasteiger partial charge in [-0.1, -0.05) is 0 Å². The lowest BCUT2D eigenvalue weighted by Crippen LogP contribution is -2.05. The molecule has 0 bridgehead atoms. The van der Waals surface area contributed by atoms with Crippen LogP contribution in [0.25, 0.3) is 0 Å². The van der Waals surface area contributed by atoms with Gasteiger partial charge in [-0.3, -0.25) is 4.79 Å². The summed E-state index contributed by atoms with van der Waals surface area (Å²) in [6.07, 6.45) is 0. The molecule has 0 unspecified atom stereocenters. The van der Waals surface area contributed by atoms with Crippen LogP contribution in [-0.4, -0.2) is 19.0 Å². The maximum atomic E-state index is 11.6. The van der Waals surface area contributed by atoms with Crippen LogP contribution in [0.15, 0.2) is 40.6 Å². The van der Waals surface area contributed by atoms with E-state index in [4.69, 9.17) is 4.74 Å². The van der Waals surface area contributed by atoms with Crippen molar-refractivity contribution in [3.8, 4) is 0 Å². The van der Waals surface area contributed by atoms with Crippen molar-refractivity contribution >= 4 is 40.7 Å². The number of hydrogen-bond acceptors (Lipinski definition) is 5. The second-order valence-corrected chi connectivity index (χ2v) is 6.23. The number of amides is 1. The largest absolute Gasteiger partial charge is 0.465 e. The Balaban J connectivity index is 1.98. The zero-order valence-corrected chi connectivity index (χ0v) is 13.3. The van der Waals surface area contributed by atoms with Gasteiger partial charge in [0.1, 0.15) is 4.88 Å². The quantitative estimate of drug-likeness (QED) is 0.672. The van der Waals surface area contributed by atoms with Gasteiger partial charge in [0.2, 0.25) is 5.91 Å². The summed E-state index contributed by atoms with van der Waals surface area (Å²) in [6.45, 7) is 1.48. The van der Waals surface area contributed by atoms with Crippen molar-refractivity contribution in [2.75, 3.05) is 12.4 Å². The highest BCUT2D eigenvalue weighted by atomic mass is 32.2. The van der Waals surface area contributed by atoms with Gasteiger partial charge >= 0.3 is 5.97 Å². The van der Waals surface area contributed by atoms with Gasteiger partial charge in [0.05, 0.1) is 7.11 Å². The summed E-state index contributed by atoms with van der Waals surface area (Å²) < 4.78 is 4.76. The topological polar surface area (TPSA) is 55.4 Å². The van der Waals surface area contributed by atoms with E-state index in [1.165, 1.54) is 25.4 Å². The molecular formula is C15H15NO3S2. The Morgan fingerprint density at radius 2 is 1.95 bits per heavy atom. The van der Waals surface area contributed by atoms with E-state index in [1.807, 2.05) is 35.7 Å². The third-order valence-electron chi connectivity index (χ3n) is 2.69. The van der Waals surface area contributed by atoms with Crippen molar-refractivity contribution in [1.82, 2.24) is 0 Å². The second-order valence-electron chi connectivity index (χ2n) is 4.26. The lowest BCUT2D eigenvalue weighted by Gasteiger charge is -2.05. The molecule has 2 aromatic rings. The molecule has 0 saturated carbocycles. The van der Waals surface area contributed by atoms with Gasteiger partial charge in [0.15, 0.2) is 0 Å². The highest BCUT2D eigenvalue weighted by Crippen LogP contribution is 2.28. The van der Waals surface area contributed by atoms with Gasteiger partial charge in [0, 0.05) is 23.3 Å². The van der Waals surface area contributed by atoms with Gasteiger partial charge in [-0.2, -0.15) is 0 Å². The zero-order chi connectivity index (χ0) is 15.2. The number of anilines is 1. The van der Waals surface area contributed by atoms with Gasteiger partial charge in [0.25, 0.3) is 0 Å². The summed E-state index contributed by atoms with van der Waals surface area (Å²) >= 11 is 3.03. The van der Waals surface area contributed by atoms with Crippen LogP contribution in [0.4, 0.5) is 5.69 Å². The maximum Gasteiger partial charge on any atom is 0.348 e. The van der Waals surface area contributed by atoms with Crippen LogP contribution in [0.3, 0.4) is 0 Å². The number of methoxy groups -OCH3 is 1. The number of ether oxygens (including phenoxy) is 1. The molecule has 0 radical (unpaired) electrons. The van der Waals surface area contributed by atoms with Gasteiger partial charge < -0.3 is 10.1 Å². The third kappa shape index (κ3) is 4.34. The number of rotatable bonds is 5. The lowest BCUT2D eigenvalue weighted by molar-refractivity contribution is -0.114. The van der Waals surface area contributed by atoms with E-state index in [9.17, 15) is 9.59 Å². The molecule has 0 aliphatic carbocycles. The molecule has 6 heteroatoms. The number of carbonyl (C=O) groups is 2. The molecule has 0 aliphatic heterocycles. The SMILES string of the molecule is COC(=O)c1sccc1CSc1ccc(NC(C)=O)cc1. The Kier molecular flexibility index (Phi) is 5.41. The monoisotopic (exact) mass is 321 g/mol. The molecule has 1 aromatic carbocycles. The van der Waals surface area contributed by atoms with E-state index in [2.05, 4.69) is 5.32 Å². The summed E-state index contributed by atoms with van der Waals surface area (Å²) in [4.78, 5) is 24.3. The summed E-state index contributed by atoms with van der Waals surface area (Å²) in [5.41, 5.74) is 1.75. The average molecular weight is 321 g/mol. The van der Waals surface area contributed by atoms with E-state index in [1.54, 1.807) is 11.8 Å². The summed E-state index contributed by atoms with van der Waals surface area (Å²) in [5, 5.41) is 4.62. The van der Waals surface area contributed by atoms with Crippen LogP contribution < -0.4 is 5.32 Å². The minimum Gasteiger partial charge on any atom is -0.465 e. The first kappa shape index (κ1) is 15.6. The Labute approximate surface area is 131 Å². The van der Waals surface area contributed by atoms with Crippen molar-refractivity contribution < 1.29 is 14.3 Å². The smallest absolute Gasteiger partial charge is 0.348 e. The fraction of sp³-hybridized carbons (Fsp3) is 0.200. The van der Waals surface area contributed by atoms with Crippen LogP contribution >= 0.6 is 23.1 Å². The highest BCUT2D eigenvalue weighted by molar-refractivity contribution is 7.98. The number of thioether (sulfide) groups is 1. The van der Waals surface area contributed by atoms with Crippen molar-refractivity contribution in [2.24, 2.45) is 0 Å². The molecule has 1 aromatic heterocycles. The first-order valence-electron chi connectivity index (χ1n) is 6.25. The summed E-state index contributed by atoms with van der Waals surface area (Å²) in [5.74, 6) is 0.325. The second kappa shape index (κ2) is 7.28. The maximum absolute atomic E-state index is 11.6. The van der Waals surface area contributed by atoms with Gasteiger partial charge in [-0.05, 0) is 41.3 Å². The summed E-state index contributed by atoms with van der Waals surface area (Å²) in [7, 11) is 1.39. The fourth-order valence-corrected chi connectivity index (χ4v) is 3.54. The molecule has 0 spiro atoms. The van der Waals surface area contributed by atoms with Crippen molar-refractivity contribution in [3.63, 3.8) is 0 Å². The van der Waals surface area contributed by atoms with Crippen LogP contribution in [0, 0.1) is 0 Å². The molecule has 1 heterocycles. The fourth-order valence-electron chi connectivity index (χ4n) is 1.72. The molecule has 0 fully saturated rings. The number of nitrogens with one attached hydrogen (secondary N) is 1. The number of thiophene rings is 1. The summed E-state index contributed by atoms with van der Waals surface area (Å²) in [6, 6.07) is 9.55. The van der Waals surface area contributed by atoms with E-state index in [-0.39, 0.29) is 11.9 Å². The van der Waals surface area contributed by atoms with Crippen LogP contribution in [0.1, 0.15) is 22.2 Å². The van der Waals surface area contributed by atoms with E-state index in [0.717, 1.165) is 16.1 Å². The van der Waals surface area contributed by atoms with Crippen LogP contribution in [0.5, 0.6) is 0 Å². The van der Waals surface area contributed by atoms with Gasteiger partial charge in [-0.25, -0.2) is 4.79 Å². The Bertz CT molecular complexity index is 635. The van der Waals surface area contributed by atoms with Crippen molar-refractivity contribution in [2.45, 2.75) is 17.6 Å². The molecule has 2 rings (SSSR count). The number of esters is 1. The van der Waals surface area contributed by atoms with Crippen molar-refractivity contribution in [3.05, 3.63) is 46.2 Å². The first-order chi connectivity index (χ1) is 10.1. The Hall–Kier alpha value is -1.79. The van der Waals surface area contributed by atoms with E-state index < -0.39 is 0 Å². The standard InChI is InChI=1S/C15H15NO3S2/c1-10(17)16-12-3-5-13(6-4-12)21-9-11-7-8-20-14(11)15(18)19-2/h3-8H,9H2,1-2H3,(H,16,17). The molecule has 4 nitrogen and oxygen atoms in total. The average Bonchev–Trinajstić information content (AvgIpc) is 2.93. The zero-order valence-electron chi connectivity index (χ0n) is 11.7. The van der Waals surface area contributed by atoms with Crippen LogP contribution in [0.2, 0.25) is 0 Å². The Morgan fingerprint density at radius 3 is 2.57 bits per heavy atom. The molecule has 0 aliphatic rings. The lowest BCUT2D eigenvalue weighted by atomic mass is 10.3. The number of hydrogen-bond donors (Lipinski definition) is 1. The molecule has 21 heavy (non-hydrogen) atoms. The third-order valence-corrected chi connectivity index (χ3v) is 4.68. The van der Waals surface area contributed by atoms with E-state index >= 15 is 0 Å². The van der Waals surface area contributed by atoms with Crippen molar-refractivity contribution in [1.29, 1.82) is 0 Å². The molecule has 0 atom stereocenters. The minimum atomic E-state index is -0.290. The molecule has 1 N–H and O–H groups in total. The molecule has 0 saturated heterocycles.